The van der Waals surface area contributed by atoms with Crippen molar-refractivity contribution in [3.63, 3.8) is 0 Å². The van der Waals surface area contributed by atoms with Gasteiger partial charge in [0.05, 0.1) is 10.9 Å². The summed E-state index contributed by atoms with van der Waals surface area (Å²) in [6.45, 7) is 2.84. The van der Waals surface area contributed by atoms with Gasteiger partial charge in [-0.3, -0.25) is 19.0 Å². The number of nitrogens with zero attached hydrogens (tertiary/aromatic N) is 3. The first-order valence-corrected chi connectivity index (χ1v) is 9.57. The highest BCUT2D eigenvalue weighted by atomic mass is 16.2. The van der Waals surface area contributed by atoms with E-state index in [0.717, 1.165) is 12.8 Å². The zero-order chi connectivity index (χ0) is 19.0. The number of rotatable bonds is 4. The predicted octanol–water partition coefficient (Wildman–Crippen LogP) is 1.22. The Bertz CT molecular complexity index is 940. The first-order chi connectivity index (χ1) is 13.0. The van der Waals surface area contributed by atoms with E-state index in [0.29, 0.717) is 48.7 Å². The van der Waals surface area contributed by atoms with Crippen LogP contribution in [0.5, 0.6) is 0 Å². The number of para-hydroxylation sites is 1. The molecule has 0 atom stereocenters. The van der Waals surface area contributed by atoms with E-state index in [9.17, 15) is 14.4 Å². The van der Waals surface area contributed by atoms with Crippen molar-refractivity contribution in [1.29, 1.82) is 0 Å². The standard InChI is InChI=1S/C20H24N4O3/c1-13-21-17-5-3-2-4-16(17)20(27)24(13)12-18(25)23-10-8-14(9-11-23)19(26)22-15-6-7-15/h2-5,14-15H,6-12H2,1H3,(H,22,26). The van der Waals surface area contributed by atoms with E-state index in [1.54, 1.807) is 30.0 Å². The minimum Gasteiger partial charge on any atom is -0.353 e. The van der Waals surface area contributed by atoms with Crippen molar-refractivity contribution in [2.75, 3.05) is 13.1 Å². The van der Waals surface area contributed by atoms with Crippen LogP contribution in [-0.4, -0.2) is 45.4 Å². The van der Waals surface area contributed by atoms with Crippen molar-refractivity contribution in [1.82, 2.24) is 19.8 Å². The molecule has 2 amide bonds. The number of fused-ring (bicyclic) bond motifs is 1. The number of amides is 2. The van der Waals surface area contributed by atoms with Crippen LogP contribution in [0.2, 0.25) is 0 Å². The summed E-state index contributed by atoms with van der Waals surface area (Å²) in [4.78, 5) is 43.8. The Hall–Kier alpha value is -2.70. The third-order valence-corrected chi connectivity index (χ3v) is 5.49. The second-order valence-electron chi connectivity index (χ2n) is 7.51. The minimum absolute atomic E-state index is 0.0125. The second kappa shape index (κ2) is 7.13. The molecule has 1 saturated carbocycles. The normalized spacial score (nSPS) is 17.9. The van der Waals surface area contributed by atoms with Crippen LogP contribution in [0.3, 0.4) is 0 Å². The Balaban J connectivity index is 1.42. The van der Waals surface area contributed by atoms with Crippen molar-refractivity contribution >= 4 is 22.7 Å². The van der Waals surface area contributed by atoms with Gasteiger partial charge in [0.1, 0.15) is 12.4 Å². The van der Waals surface area contributed by atoms with Crippen LogP contribution in [0.15, 0.2) is 29.1 Å². The lowest BCUT2D eigenvalue weighted by molar-refractivity contribution is -0.136. The summed E-state index contributed by atoms with van der Waals surface area (Å²) in [5.41, 5.74) is 0.455. The minimum atomic E-state index is -0.190. The molecule has 7 nitrogen and oxygen atoms in total. The predicted molar refractivity (Wildman–Crippen MR) is 101 cm³/mol. The molecule has 4 rings (SSSR count). The van der Waals surface area contributed by atoms with Gasteiger partial charge in [-0.15, -0.1) is 0 Å². The molecule has 0 bridgehead atoms. The zero-order valence-electron chi connectivity index (χ0n) is 15.5. The van der Waals surface area contributed by atoms with Gasteiger partial charge in [0.15, 0.2) is 0 Å². The number of piperidine rings is 1. The molecule has 1 N–H and O–H groups in total. The third-order valence-electron chi connectivity index (χ3n) is 5.49. The van der Waals surface area contributed by atoms with E-state index in [4.69, 9.17) is 0 Å². The van der Waals surface area contributed by atoms with Gasteiger partial charge in [-0.2, -0.15) is 0 Å². The maximum Gasteiger partial charge on any atom is 0.261 e. The molecule has 7 heteroatoms. The van der Waals surface area contributed by atoms with Crippen LogP contribution >= 0.6 is 0 Å². The number of hydrogen-bond donors (Lipinski definition) is 1. The molecule has 1 saturated heterocycles. The first kappa shape index (κ1) is 17.7. The summed E-state index contributed by atoms with van der Waals surface area (Å²) in [5.74, 6) is 0.543. The van der Waals surface area contributed by atoms with Crippen LogP contribution < -0.4 is 10.9 Å². The molecule has 2 fully saturated rings. The van der Waals surface area contributed by atoms with Crippen LogP contribution in [0.4, 0.5) is 0 Å². The van der Waals surface area contributed by atoms with Crippen molar-refractivity contribution in [2.45, 2.75) is 45.2 Å². The summed E-state index contributed by atoms with van der Waals surface area (Å²) >= 11 is 0. The van der Waals surface area contributed by atoms with E-state index >= 15 is 0 Å². The fourth-order valence-electron chi connectivity index (χ4n) is 3.64. The van der Waals surface area contributed by atoms with Gasteiger partial charge in [-0.05, 0) is 44.7 Å². The largest absolute Gasteiger partial charge is 0.353 e. The molecule has 0 radical (unpaired) electrons. The maximum absolute atomic E-state index is 12.7. The summed E-state index contributed by atoms with van der Waals surface area (Å²) in [6, 6.07) is 7.53. The van der Waals surface area contributed by atoms with E-state index in [1.807, 2.05) is 6.07 Å². The lowest BCUT2D eigenvalue weighted by Gasteiger charge is -2.31. The fraction of sp³-hybridized carbons (Fsp3) is 0.500. The van der Waals surface area contributed by atoms with Gasteiger partial charge in [-0.1, -0.05) is 12.1 Å². The summed E-state index contributed by atoms with van der Waals surface area (Å²) < 4.78 is 1.44. The Morgan fingerprint density at radius 1 is 1.15 bits per heavy atom. The summed E-state index contributed by atoms with van der Waals surface area (Å²) in [6.07, 6.45) is 3.51. The topological polar surface area (TPSA) is 84.3 Å². The molecule has 1 aliphatic carbocycles. The highest BCUT2D eigenvalue weighted by molar-refractivity contribution is 5.81. The number of aryl methyl sites for hydroxylation is 1. The SMILES string of the molecule is Cc1nc2ccccc2c(=O)n1CC(=O)N1CCC(C(=O)NC2CC2)CC1. The summed E-state index contributed by atoms with van der Waals surface area (Å²) in [5, 5.41) is 3.56. The molecule has 1 aromatic carbocycles. The fourth-order valence-corrected chi connectivity index (χ4v) is 3.64. The van der Waals surface area contributed by atoms with Crippen molar-refractivity contribution in [3.05, 3.63) is 40.4 Å². The molecule has 2 heterocycles. The highest BCUT2D eigenvalue weighted by Crippen LogP contribution is 2.22. The smallest absolute Gasteiger partial charge is 0.261 e. The molecule has 2 aromatic rings. The number of nitrogens with one attached hydrogen (secondary N) is 1. The van der Waals surface area contributed by atoms with Gasteiger partial charge < -0.3 is 10.2 Å². The van der Waals surface area contributed by atoms with E-state index in [-0.39, 0.29) is 29.8 Å². The third kappa shape index (κ3) is 3.72. The van der Waals surface area contributed by atoms with Crippen molar-refractivity contribution in [2.24, 2.45) is 5.92 Å². The molecule has 1 aliphatic heterocycles. The first-order valence-electron chi connectivity index (χ1n) is 9.57. The quantitative estimate of drug-likeness (QED) is 0.880. The zero-order valence-corrected chi connectivity index (χ0v) is 15.5. The molecule has 2 aliphatic rings. The van der Waals surface area contributed by atoms with Gasteiger partial charge in [0.2, 0.25) is 11.8 Å². The maximum atomic E-state index is 12.7. The van der Waals surface area contributed by atoms with Crippen LogP contribution in [0.1, 0.15) is 31.5 Å². The lowest BCUT2D eigenvalue weighted by Crippen LogP contribution is -2.45. The average Bonchev–Trinajstić information content (AvgIpc) is 3.49. The Morgan fingerprint density at radius 2 is 1.85 bits per heavy atom. The van der Waals surface area contributed by atoms with Crippen molar-refractivity contribution in [3.8, 4) is 0 Å². The molecular weight excluding hydrogens is 344 g/mol. The molecule has 0 unspecified atom stereocenters. The average molecular weight is 368 g/mol. The van der Waals surface area contributed by atoms with E-state index < -0.39 is 0 Å². The Labute approximate surface area is 157 Å². The molecule has 142 valence electrons. The number of aromatic nitrogens is 2. The Morgan fingerprint density at radius 3 is 2.56 bits per heavy atom. The monoisotopic (exact) mass is 368 g/mol. The van der Waals surface area contributed by atoms with E-state index in [1.165, 1.54) is 4.57 Å². The van der Waals surface area contributed by atoms with Gasteiger partial charge in [-0.25, -0.2) is 4.98 Å². The molecular formula is C20H24N4O3. The number of carbonyl (C=O) groups is 2. The van der Waals surface area contributed by atoms with E-state index in [2.05, 4.69) is 10.3 Å². The molecule has 27 heavy (non-hydrogen) atoms. The second-order valence-corrected chi connectivity index (χ2v) is 7.51. The van der Waals surface area contributed by atoms with Gasteiger partial charge in [0.25, 0.3) is 5.56 Å². The highest BCUT2D eigenvalue weighted by Gasteiger charge is 2.31. The lowest BCUT2D eigenvalue weighted by atomic mass is 9.96. The van der Waals surface area contributed by atoms with Crippen LogP contribution in [0.25, 0.3) is 10.9 Å². The summed E-state index contributed by atoms with van der Waals surface area (Å²) in [7, 11) is 0. The van der Waals surface area contributed by atoms with Gasteiger partial charge >= 0.3 is 0 Å². The number of benzene rings is 1. The molecule has 0 spiro atoms. The number of likely N-dealkylation sites (tertiary alicyclic amines) is 1. The number of hydrogen-bond acceptors (Lipinski definition) is 4. The molecule has 1 aromatic heterocycles. The van der Waals surface area contributed by atoms with Gasteiger partial charge in [0, 0.05) is 25.0 Å². The van der Waals surface area contributed by atoms with Crippen LogP contribution in [0, 0.1) is 12.8 Å². The Kier molecular flexibility index (Phi) is 4.68. The number of carbonyl (C=O) groups excluding carboxylic acids is 2. The van der Waals surface area contributed by atoms with Crippen LogP contribution in [-0.2, 0) is 16.1 Å². The van der Waals surface area contributed by atoms with Crippen molar-refractivity contribution < 1.29 is 9.59 Å².